The second-order valence-electron chi connectivity index (χ2n) is 4.86. The highest BCUT2D eigenvalue weighted by molar-refractivity contribution is 5.87. The molecular formula is C11H18O3. The molecule has 80 valence electrons. The molecule has 1 rings (SSSR count). The van der Waals surface area contributed by atoms with Gasteiger partial charge in [0, 0.05) is 6.42 Å². The number of carbonyl (C=O) groups excluding carboxylic acids is 2. The summed E-state index contributed by atoms with van der Waals surface area (Å²) in [5.74, 6) is -0.202. The van der Waals surface area contributed by atoms with Crippen molar-refractivity contribution in [1.29, 1.82) is 0 Å². The predicted octanol–water partition coefficient (Wildman–Crippen LogP) is 2.09. The van der Waals surface area contributed by atoms with Crippen LogP contribution in [-0.4, -0.2) is 17.9 Å². The lowest BCUT2D eigenvalue weighted by Crippen LogP contribution is -2.34. The number of carbonyl (C=O) groups is 2. The molecule has 0 saturated heterocycles. The fourth-order valence-electron chi connectivity index (χ4n) is 1.38. The van der Waals surface area contributed by atoms with Crippen LogP contribution in [0.25, 0.3) is 0 Å². The molecular weight excluding hydrogens is 180 g/mol. The van der Waals surface area contributed by atoms with Crippen molar-refractivity contribution in [3.63, 3.8) is 0 Å². The van der Waals surface area contributed by atoms with Gasteiger partial charge in [-0.2, -0.15) is 0 Å². The number of ether oxygens (including phenoxy) is 1. The second kappa shape index (κ2) is 4.11. The molecule has 0 aromatic heterocycles. The minimum Gasteiger partial charge on any atom is -0.454 e. The maximum atomic E-state index is 11.5. The fraction of sp³-hybridized carbons (Fsp3) is 0.818. The predicted molar refractivity (Wildman–Crippen MR) is 52.8 cm³/mol. The van der Waals surface area contributed by atoms with E-state index >= 15 is 0 Å². The number of Topliss-reactive ketones (excluding diaryl/α,β-unsaturated/α-hetero) is 1. The molecule has 1 aliphatic rings. The monoisotopic (exact) mass is 198 g/mol. The lowest BCUT2D eigenvalue weighted by Gasteiger charge is -2.24. The first-order chi connectivity index (χ1) is 6.41. The summed E-state index contributed by atoms with van der Waals surface area (Å²) in [6.07, 6.45) is 2.69. The summed E-state index contributed by atoms with van der Waals surface area (Å²) in [5, 5.41) is 0. The zero-order chi connectivity index (χ0) is 10.8. The lowest BCUT2D eigenvalue weighted by atomic mass is 9.94. The van der Waals surface area contributed by atoms with Crippen LogP contribution in [0.4, 0.5) is 0 Å². The van der Waals surface area contributed by atoms with E-state index in [9.17, 15) is 9.59 Å². The van der Waals surface area contributed by atoms with Gasteiger partial charge in [-0.15, -0.1) is 0 Å². The SMILES string of the molecule is CC(C)(C)C(=O)O[C@@H]1CCCCC1=O. The van der Waals surface area contributed by atoms with Crippen molar-refractivity contribution in [2.45, 2.75) is 52.6 Å². The van der Waals surface area contributed by atoms with E-state index in [1.165, 1.54) is 0 Å². The topological polar surface area (TPSA) is 43.4 Å². The molecule has 0 unspecified atom stereocenters. The average Bonchev–Trinajstić information content (AvgIpc) is 2.07. The van der Waals surface area contributed by atoms with Crippen LogP contribution in [0.15, 0.2) is 0 Å². The van der Waals surface area contributed by atoms with Gasteiger partial charge in [0.25, 0.3) is 0 Å². The fourth-order valence-corrected chi connectivity index (χ4v) is 1.38. The molecule has 0 aromatic rings. The molecule has 0 bridgehead atoms. The van der Waals surface area contributed by atoms with E-state index in [1.807, 2.05) is 0 Å². The molecule has 1 atom stereocenters. The number of ketones is 1. The van der Waals surface area contributed by atoms with Crippen molar-refractivity contribution in [3.05, 3.63) is 0 Å². The summed E-state index contributed by atoms with van der Waals surface area (Å²) in [4.78, 5) is 22.9. The molecule has 1 saturated carbocycles. The normalized spacial score (nSPS) is 23.4. The lowest BCUT2D eigenvalue weighted by molar-refractivity contribution is -0.164. The Morgan fingerprint density at radius 3 is 2.50 bits per heavy atom. The van der Waals surface area contributed by atoms with E-state index in [2.05, 4.69) is 0 Å². The minimum atomic E-state index is -0.516. The third kappa shape index (κ3) is 2.82. The zero-order valence-electron chi connectivity index (χ0n) is 9.13. The highest BCUT2D eigenvalue weighted by Crippen LogP contribution is 2.22. The van der Waals surface area contributed by atoms with Gasteiger partial charge < -0.3 is 4.74 Å². The number of hydrogen-bond donors (Lipinski definition) is 0. The van der Waals surface area contributed by atoms with Gasteiger partial charge in [0.15, 0.2) is 11.9 Å². The molecule has 3 heteroatoms. The first-order valence-corrected chi connectivity index (χ1v) is 5.15. The molecule has 1 aliphatic carbocycles. The summed E-state index contributed by atoms with van der Waals surface area (Å²) >= 11 is 0. The Labute approximate surface area is 84.8 Å². The van der Waals surface area contributed by atoms with Gasteiger partial charge in [-0.3, -0.25) is 9.59 Å². The smallest absolute Gasteiger partial charge is 0.311 e. The molecule has 0 aliphatic heterocycles. The van der Waals surface area contributed by atoms with Gasteiger partial charge in [0.05, 0.1) is 5.41 Å². The first-order valence-electron chi connectivity index (χ1n) is 5.15. The van der Waals surface area contributed by atoms with Gasteiger partial charge in [0.2, 0.25) is 0 Å². The van der Waals surface area contributed by atoms with Crippen LogP contribution < -0.4 is 0 Å². The summed E-state index contributed by atoms with van der Waals surface area (Å²) in [7, 11) is 0. The molecule has 0 N–H and O–H groups in total. The minimum absolute atomic E-state index is 0.0776. The Balaban J connectivity index is 2.51. The van der Waals surface area contributed by atoms with E-state index in [0.29, 0.717) is 12.8 Å². The van der Waals surface area contributed by atoms with E-state index in [0.717, 1.165) is 12.8 Å². The molecule has 14 heavy (non-hydrogen) atoms. The van der Waals surface area contributed by atoms with Crippen molar-refractivity contribution in [3.8, 4) is 0 Å². The highest BCUT2D eigenvalue weighted by Gasteiger charge is 2.30. The standard InChI is InChI=1S/C11H18O3/c1-11(2,3)10(13)14-9-7-5-4-6-8(9)12/h9H,4-7H2,1-3H3/t9-/m1/s1. The van der Waals surface area contributed by atoms with Crippen LogP contribution in [-0.2, 0) is 14.3 Å². The zero-order valence-corrected chi connectivity index (χ0v) is 9.13. The quantitative estimate of drug-likeness (QED) is 0.606. The van der Waals surface area contributed by atoms with Crippen molar-refractivity contribution >= 4 is 11.8 Å². The Morgan fingerprint density at radius 2 is 2.00 bits per heavy atom. The Morgan fingerprint density at radius 1 is 1.36 bits per heavy atom. The van der Waals surface area contributed by atoms with Crippen molar-refractivity contribution in [2.24, 2.45) is 5.41 Å². The van der Waals surface area contributed by atoms with Crippen LogP contribution in [0.5, 0.6) is 0 Å². The van der Waals surface area contributed by atoms with Gasteiger partial charge in [0.1, 0.15) is 0 Å². The summed E-state index contributed by atoms with van der Waals surface area (Å²) < 4.78 is 5.18. The van der Waals surface area contributed by atoms with E-state index in [1.54, 1.807) is 20.8 Å². The second-order valence-corrected chi connectivity index (χ2v) is 4.86. The van der Waals surface area contributed by atoms with Gasteiger partial charge in [-0.1, -0.05) is 0 Å². The largest absolute Gasteiger partial charge is 0.454 e. The first kappa shape index (κ1) is 11.2. The molecule has 0 radical (unpaired) electrons. The molecule has 3 nitrogen and oxygen atoms in total. The van der Waals surface area contributed by atoms with E-state index in [4.69, 9.17) is 4.74 Å². The summed E-state index contributed by atoms with van der Waals surface area (Å²) in [5.41, 5.74) is -0.516. The van der Waals surface area contributed by atoms with Gasteiger partial charge >= 0.3 is 5.97 Å². The molecule has 0 heterocycles. The van der Waals surface area contributed by atoms with Crippen molar-refractivity contribution in [2.75, 3.05) is 0 Å². The van der Waals surface area contributed by atoms with E-state index in [-0.39, 0.29) is 11.8 Å². The highest BCUT2D eigenvalue weighted by atomic mass is 16.5. The van der Waals surface area contributed by atoms with Gasteiger partial charge in [-0.05, 0) is 40.0 Å². The Bertz CT molecular complexity index is 237. The number of hydrogen-bond acceptors (Lipinski definition) is 3. The average molecular weight is 198 g/mol. The number of rotatable bonds is 1. The summed E-state index contributed by atoms with van der Waals surface area (Å²) in [6, 6.07) is 0. The third-order valence-corrected chi connectivity index (χ3v) is 2.36. The van der Waals surface area contributed by atoms with Crippen molar-refractivity contribution < 1.29 is 14.3 Å². The van der Waals surface area contributed by atoms with Crippen molar-refractivity contribution in [1.82, 2.24) is 0 Å². The molecule has 0 aromatic carbocycles. The molecule has 0 spiro atoms. The summed E-state index contributed by atoms with van der Waals surface area (Å²) in [6.45, 7) is 5.38. The Kier molecular flexibility index (Phi) is 3.29. The third-order valence-electron chi connectivity index (χ3n) is 2.36. The maximum absolute atomic E-state index is 11.5. The maximum Gasteiger partial charge on any atom is 0.311 e. The van der Waals surface area contributed by atoms with Crippen LogP contribution in [0, 0.1) is 5.41 Å². The number of esters is 1. The van der Waals surface area contributed by atoms with Crippen LogP contribution >= 0.6 is 0 Å². The Hall–Kier alpha value is -0.860. The molecule has 1 fully saturated rings. The van der Waals surface area contributed by atoms with Crippen LogP contribution in [0.1, 0.15) is 46.5 Å². The molecule has 0 amide bonds. The van der Waals surface area contributed by atoms with Gasteiger partial charge in [-0.25, -0.2) is 0 Å². The van der Waals surface area contributed by atoms with Crippen LogP contribution in [0.2, 0.25) is 0 Å². The van der Waals surface area contributed by atoms with Crippen LogP contribution in [0.3, 0.4) is 0 Å². The van der Waals surface area contributed by atoms with E-state index < -0.39 is 11.5 Å².